The molecule has 0 aliphatic rings. The van der Waals surface area contributed by atoms with Gasteiger partial charge in [0.1, 0.15) is 0 Å². The molecular weight excluding hydrogens is 268 g/mol. The van der Waals surface area contributed by atoms with Crippen molar-refractivity contribution in [1.29, 1.82) is 0 Å². The molecule has 0 unspecified atom stereocenters. The van der Waals surface area contributed by atoms with Gasteiger partial charge < -0.3 is 16.2 Å². The third kappa shape index (κ3) is 6.05. The second-order valence-electron chi connectivity index (χ2n) is 4.30. The molecule has 0 aliphatic carbocycles. The van der Waals surface area contributed by atoms with E-state index in [2.05, 4.69) is 5.32 Å². The minimum atomic E-state index is -2.54. The maximum absolute atomic E-state index is 12.3. The minimum absolute atomic E-state index is 0.0316. The number of aliphatic hydroxyl groups is 1. The van der Waals surface area contributed by atoms with Crippen LogP contribution in [-0.4, -0.2) is 48.6 Å². The van der Waals surface area contributed by atoms with E-state index in [0.29, 0.717) is 12.2 Å². The fourth-order valence-corrected chi connectivity index (χ4v) is 1.70. The third-order valence-electron chi connectivity index (χ3n) is 2.65. The third-order valence-corrected chi connectivity index (χ3v) is 2.65. The lowest BCUT2D eigenvalue weighted by atomic mass is 10.2. The topological polar surface area (TPSA) is 78.6 Å². The number of rotatable bonds is 8. The molecule has 0 radical (unpaired) electrons. The zero-order valence-corrected chi connectivity index (χ0v) is 11.1. The van der Waals surface area contributed by atoms with Gasteiger partial charge >= 0.3 is 0 Å². The smallest absolute Gasteiger partial charge is 0.251 e. The lowest BCUT2D eigenvalue weighted by Crippen LogP contribution is -2.38. The molecule has 7 heteroatoms. The number of hydrogen-bond donors (Lipinski definition) is 3. The second kappa shape index (κ2) is 8.57. The van der Waals surface area contributed by atoms with Crippen molar-refractivity contribution in [3.05, 3.63) is 29.8 Å². The van der Waals surface area contributed by atoms with E-state index in [1.807, 2.05) is 0 Å². The molecule has 20 heavy (non-hydrogen) atoms. The van der Waals surface area contributed by atoms with Crippen molar-refractivity contribution in [3.8, 4) is 0 Å². The molecule has 112 valence electrons. The van der Waals surface area contributed by atoms with E-state index >= 15 is 0 Å². The van der Waals surface area contributed by atoms with Crippen LogP contribution in [0, 0.1) is 0 Å². The van der Waals surface area contributed by atoms with Gasteiger partial charge in [-0.2, -0.15) is 0 Å². The van der Waals surface area contributed by atoms with Crippen molar-refractivity contribution >= 4 is 11.6 Å². The zero-order chi connectivity index (χ0) is 15.0. The fourth-order valence-electron chi connectivity index (χ4n) is 1.70. The van der Waals surface area contributed by atoms with Gasteiger partial charge in [0.2, 0.25) is 5.91 Å². The van der Waals surface area contributed by atoms with Gasteiger partial charge in [0.15, 0.2) is 0 Å². The highest BCUT2D eigenvalue weighted by atomic mass is 19.3. The van der Waals surface area contributed by atoms with Crippen LogP contribution in [0.5, 0.6) is 0 Å². The van der Waals surface area contributed by atoms with E-state index in [1.165, 1.54) is 4.90 Å². The standard InChI is InChI=1S/C13H19F2N3O2/c14-12(15)8-18(5-6-19)9-13(20)17-11-3-1-10(7-16)2-4-11/h1-4,12,19H,5-9,16H2,(H,17,20). The van der Waals surface area contributed by atoms with Gasteiger partial charge in [0, 0.05) is 18.8 Å². The van der Waals surface area contributed by atoms with Crippen LogP contribution in [0.1, 0.15) is 5.56 Å². The van der Waals surface area contributed by atoms with Crippen molar-refractivity contribution in [1.82, 2.24) is 4.90 Å². The monoisotopic (exact) mass is 287 g/mol. The molecule has 0 heterocycles. The van der Waals surface area contributed by atoms with Gasteiger partial charge in [0.25, 0.3) is 6.43 Å². The number of nitrogens with zero attached hydrogens (tertiary/aromatic N) is 1. The lowest BCUT2D eigenvalue weighted by molar-refractivity contribution is -0.117. The number of carbonyl (C=O) groups is 1. The second-order valence-corrected chi connectivity index (χ2v) is 4.30. The Morgan fingerprint density at radius 1 is 1.35 bits per heavy atom. The maximum atomic E-state index is 12.3. The summed E-state index contributed by atoms with van der Waals surface area (Å²) in [5.41, 5.74) is 6.97. The van der Waals surface area contributed by atoms with Crippen LogP contribution in [0.4, 0.5) is 14.5 Å². The van der Waals surface area contributed by atoms with E-state index in [0.717, 1.165) is 5.56 Å². The molecule has 0 atom stereocenters. The number of nitrogens with one attached hydrogen (secondary N) is 1. The van der Waals surface area contributed by atoms with Gasteiger partial charge in [0.05, 0.1) is 19.7 Å². The molecule has 5 nitrogen and oxygen atoms in total. The largest absolute Gasteiger partial charge is 0.395 e. The Hall–Kier alpha value is -1.57. The number of hydrogen-bond acceptors (Lipinski definition) is 4. The predicted octanol–water partition coefficient (Wildman–Crippen LogP) is 0.643. The first-order chi connectivity index (χ1) is 9.55. The molecule has 4 N–H and O–H groups in total. The average molecular weight is 287 g/mol. The van der Waals surface area contributed by atoms with Crippen molar-refractivity contribution in [2.75, 3.05) is 31.6 Å². The normalized spacial score (nSPS) is 11.1. The summed E-state index contributed by atoms with van der Waals surface area (Å²) in [6, 6.07) is 6.95. The van der Waals surface area contributed by atoms with Gasteiger partial charge in [-0.25, -0.2) is 8.78 Å². The summed E-state index contributed by atoms with van der Waals surface area (Å²) in [5.74, 6) is -0.403. The van der Waals surface area contributed by atoms with Crippen molar-refractivity contribution in [2.45, 2.75) is 13.0 Å². The number of amides is 1. The number of carbonyl (C=O) groups excluding carboxylic acids is 1. The molecule has 1 amide bonds. The summed E-state index contributed by atoms with van der Waals surface area (Å²) in [7, 11) is 0. The van der Waals surface area contributed by atoms with Crippen LogP contribution in [0.2, 0.25) is 0 Å². The quantitative estimate of drug-likeness (QED) is 0.656. The van der Waals surface area contributed by atoms with Crippen molar-refractivity contribution in [3.63, 3.8) is 0 Å². The Morgan fingerprint density at radius 3 is 2.50 bits per heavy atom. The molecule has 1 rings (SSSR count). The van der Waals surface area contributed by atoms with Crippen LogP contribution in [0.3, 0.4) is 0 Å². The van der Waals surface area contributed by atoms with Crippen LogP contribution in [0.25, 0.3) is 0 Å². The van der Waals surface area contributed by atoms with Gasteiger partial charge in [-0.1, -0.05) is 12.1 Å². The number of anilines is 1. The first kappa shape index (κ1) is 16.5. The number of aliphatic hydroxyl groups excluding tert-OH is 1. The van der Waals surface area contributed by atoms with E-state index in [1.54, 1.807) is 24.3 Å². The van der Waals surface area contributed by atoms with Crippen LogP contribution < -0.4 is 11.1 Å². The summed E-state index contributed by atoms with van der Waals surface area (Å²) in [6.45, 7) is -0.564. The van der Waals surface area contributed by atoms with Gasteiger partial charge in [-0.05, 0) is 17.7 Å². The highest BCUT2D eigenvalue weighted by Crippen LogP contribution is 2.09. The van der Waals surface area contributed by atoms with Crippen molar-refractivity contribution < 1.29 is 18.7 Å². The molecule has 1 aromatic rings. The summed E-state index contributed by atoms with van der Waals surface area (Å²) in [6.07, 6.45) is -2.54. The molecule has 0 fully saturated rings. The zero-order valence-electron chi connectivity index (χ0n) is 11.1. The first-order valence-electron chi connectivity index (χ1n) is 6.25. The SMILES string of the molecule is NCc1ccc(NC(=O)CN(CCO)CC(F)F)cc1. The van der Waals surface area contributed by atoms with E-state index in [9.17, 15) is 13.6 Å². The Morgan fingerprint density at radius 2 is 2.00 bits per heavy atom. The number of halogens is 2. The Labute approximate surface area is 116 Å². The Kier molecular flexibility index (Phi) is 7.06. The highest BCUT2D eigenvalue weighted by molar-refractivity contribution is 5.92. The number of alkyl halides is 2. The summed E-state index contributed by atoms with van der Waals surface area (Å²) in [5, 5.41) is 11.4. The number of benzene rings is 1. The number of nitrogens with two attached hydrogens (primary N) is 1. The van der Waals surface area contributed by atoms with Gasteiger partial charge in [-0.15, -0.1) is 0 Å². The lowest BCUT2D eigenvalue weighted by Gasteiger charge is -2.20. The fraction of sp³-hybridized carbons (Fsp3) is 0.462. The summed E-state index contributed by atoms with van der Waals surface area (Å²) >= 11 is 0. The van der Waals surface area contributed by atoms with Crippen molar-refractivity contribution in [2.24, 2.45) is 5.73 Å². The van der Waals surface area contributed by atoms with Crippen LogP contribution in [-0.2, 0) is 11.3 Å². The molecule has 1 aromatic carbocycles. The van der Waals surface area contributed by atoms with E-state index in [-0.39, 0.29) is 19.7 Å². The predicted molar refractivity (Wildman–Crippen MR) is 72.5 cm³/mol. The molecule has 0 bridgehead atoms. The van der Waals surface area contributed by atoms with E-state index in [4.69, 9.17) is 10.8 Å². The summed E-state index contributed by atoms with van der Waals surface area (Å²) in [4.78, 5) is 12.9. The minimum Gasteiger partial charge on any atom is -0.395 e. The summed E-state index contributed by atoms with van der Waals surface area (Å²) < 4.78 is 24.6. The molecule has 0 aromatic heterocycles. The van der Waals surface area contributed by atoms with Crippen LogP contribution in [0.15, 0.2) is 24.3 Å². The molecular formula is C13H19F2N3O2. The van der Waals surface area contributed by atoms with Gasteiger partial charge in [-0.3, -0.25) is 9.69 Å². The Balaban J connectivity index is 2.51. The Bertz CT molecular complexity index is 413. The van der Waals surface area contributed by atoms with Crippen LogP contribution >= 0.6 is 0 Å². The molecule has 0 saturated heterocycles. The molecule has 0 saturated carbocycles. The molecule has 0 aliphatic heterocycles. The van der Waals surface area contributed by atoms with E-state index < -0.39 is 18.9 Å². The highest BCUT2D eigenvalue weighted by Gasteiger charge is 2.15. The maximum Gasteiger partial charge on any atom is 0.251 e. The molecule has 0 spiro atoms. The average Bonchev–Trinajstić information content (AvgIpc) is 2.39. The first-order valence-corrected chi connectivity index (χ1v) is 6.25.